The first-order valence-electron chi connectivity index (χ1n) is 5.13. The standard InChI is InChI=1S/C13H9IN2S/c14-8-4-5-11(16-6-8)9-7-17-12-3-1-2-10(15)13(9)12/h1-7H,15H2. The predicted octanol–water partition coefficient (Wildman–Crippen LogP) is 4.15. The third-order valence-electron chi connectivity index (χ3n) is 2.63. The molecule has 0 aliphatic heterocycles. The van der Waals surface area contributed by atoms with Crippen molar-refractivity contribution in [2.75, 3.05) is 5.73 Å². The average Bonchev–Trinajstić information content (AvgIpc) is 2.75. The Morgan fingerprint density at radius 2 is 2.06 bits per heavy atom. The van der Waals surface area contributed by atoms with Gasteiger partial charge in [0, 0.05) is 36.5 Å². The number of rotatable bonds is 1. The molecule has 1 aromatic carbocycles. The normalized spacial score (nSPS) is 10.9. The summed E-state index contributed by atoms with van der Waals surface area (Å²) >= 11 is 3.96. The molecule has 0 saturated carbocycles. The first-order valence-corrected chi connectivity index (χ1v) is 7.09. The van der Waals surface area contributed by atoms with E-state index in [1.54, 1.807) is 11.3 Å². The zero-order valence-corrected chi connectivity index (χ0v) is 11.8. The monoisotopic (exact) mass is 352 g/mol. The van der Waals surface area contributed by atoms with Crippen LogP contribution in [0.15, 0.2) is 41.9 Å². The van der Waals surface area contributed by atoms with Crippen molar-refractivity contribution in [2.45, 2.75) is 0 Å². The third-order valence-corrected chi connectivity index (χ3v) is 4.22. The number of pyridine rings is 1. The molecule has 84 valence electrons. The van der Waals surface area contributed by atoms with Crippen LogP contribution in [0.1, 0.15) is 0 Å². The van der Waals surface area contributed by atoms with Crippen molar-refractivity contribution < 1.29 is 0 Å². The summed E-state index contributed by atoms with van der Waals surface area (Å²) < 4.78 is 2.35. The second kappa shape index (κ2) is 4.27. The van der Waals surface area contributed by atoms with Gasteiger partial charge in [0.15, 0.2) is 0 Å². The Morgan fingerprint density at radius 1 is 1.18 bits per heavy atom. The number of fused-ring (bicyclic) bond motifs is 1. The lowest BCUT2D eigenvalue weighted by atomic mass is 10.1. The van der Waals surface area contributed by atoms with Gasteiger partial charge in [-0.15, -0.1) is 11.3 Å². The molecule has 0 spiro atoms. The van der Waals surface area contributed by atoms with Crippen LogP contribution in [0, 0.1) is 3.57 Å². The molecule has 0 aliphatic rings. The molecular weight excluding hydrogens is 343 g/mol. The lowest BCUT2D eigenvalue weighted by Gasteiger charge is -2.01. The summed E-state index contributed by atoms with van der Waals surface area (Å²) in [6.45, 7) is 0. The van der Waals surface area contributed by atoms with Gasteiger partial charge < -0.3 is 5.73 Å². The Balaban J connectivity index is 2.27. The molecule has 0 unspecified atom stereocenters. The Labute approximate surface area is 117 Å². The van der Waals surface area contributed by atoms with Gasteiger partial charge in [-0.25, -0.2) is 0 Å². The van der Waals surface area contributed by atoms with Gasteiger partial charge in [-0.2, -0.15) is 0 Å². The fourth-order valence-corrected chi connectivity index (χ4v) is 3.14. The molecular formula is C13H9IN2S. The van der Waals surface area contributed by atoms with Crippen molar-refractivity contribution in [3.63, 3.8) is 0 Å². The van der Waals surface area contributed by atoms with E-state index >= 15 is 0 Å². The summed E-state index contributed by atoms with van der Waals surface area (Å²) in [5, 5.41) is 3.24. The Kier molecular flexibility index (Phi) is 2.76. The minimum absolute atomic E-state index is 0.819. The molecule has 0 fully saturated rings. The second-order valence-electron chi connectivity index (χ2n) is 3.73. The van der Waals surface area contributed by atoms with Crippen molar-refractivity contribution in [1.29, 1.82) is 0 Å². The van der Waals surface area contributed by atoms with Gasteiger partial charge in [-0.05, 0) is 46.9 Å². The van der Waals surface area contributed by atoms with Crippen LogP contribution in [0.3, 0.4) is 0 Å². The van der Waals surface area contributed by atoms with E-state index < -0.39 is 0 Å². The molecule has 0 aliphatic carbocycles. The van der Waals surface area contributed by atoms with Gasteiger partial charge in [-0.3, -0.25) is 4.98 Å². The van der Waals surface area contributed by atoms with Crippen molar-refractivity contribution in [3.05, 3.63) is 45.5 Å². The second-order valence-corrected chi connectivity index (χ2v) is 5.89. The number of aromatic nitrogens is 1. The van der Waals surface area contributed by atoms with Crippen LogP contribution in [0.25, 0.3) is 21.3 Å². The number of nitrogens with two attached hydrogens (primary N) is 1. The number of thiophene rings is 1. The number of benzene rings is 1. The fourth-order valence-electron chi connectivity index (χ4n) is 1.84. The summed E-state index contributed by atoms with van der Waals surface area (Å²) in [5.74, 6) is 0. The van der Waals surface area contributed by atoms with E-state index in [1.807, 2.05) is 24.4 Å². The summed E-state index contributed by atoms with van der Waals surface area (Å²) in [6, 6.07) is 10.1. The van der Waals surface area contributed by atoms with Gasteiger partial charge in [0.05, 0.1) is 5.69 Å². The Hall–Kier alpha value is -1.14. The fraction of sp³-hybridized carbons (Fsp3) is 0. The number of hydrogen-bond acceptors (Lipinski definition) is 3. The summed E-state index contributed by atoms with van der Waals surface area (Å²) in [6.07, 6.45) is 1.87. The molecule has 4 heteroatoms. The SMILES string of the molecule is Nc1cccc2scc(-c3ccc(I)cn3)c12. The highest BCUT2D eigenvalue weighted by Crippen LogP contribution is 2.36. The molecule has 2 N–H and O–H groups in total. The molecule has 0 saturated heterocycles. The maximum atomic E-state index is 6.05. The molecule has 2 heterocycles. The molecule has 2 nitrogen and oxygen atoms in total. The van der Waals surface area contributed by atoms with Crippen LogP contribution in [0.4, 0.5) is 5.69 Å². The van der Waals surface area contributed by atoms with E-state index in [0.717, 1.165) is 25.9 Å². The highest BCUT2D eigenvalue weighted by atomic mass is 127. The van der Waals surface area contributed by atoms with E-state index in [-0.39, 0.29) is 0 Å². The van der Waals surface area contributed by atoms with Gasteiger partial charge >= 0.3 is 0 Å². The molecule has 3 aromatic rings. The molecule has 0 atom stereocenters. The van der Waals surface area contributed by atoms with Gasteiger partial charge in [0.2, 0.25) is 0 Å². The van der Waals surface area contributed by atoms with Crippen molar-refractivity contribution >= 4 is 49.7 Å². The van der Waals surface area contributed by atoms with Crippen LogP contribution in [-0.2, 0) is 0 Å². The Morgan fingerprint density at radius 3 is 2.82 bits per heavy atom. The van der Waals surface area contributed by atoms with Crippen molar-refractivity contribution in [2.24, 2.45) is 0 Å². The molecule has 0 bridgehead atoms. The highest BCUT2D eigenvalue weighted by Gasteiger charge is 2.09. The lowest BCUT2D eigenvalue weighted by molar-refractivity contribution is 1.32. The van der Waals surface area contributed by atoms with Crippen LogP contribution in [0.2, 0.25) is 0 Å². The van der Waals surface area contributed by atoms with E-state index in [4.69, 9.17) is 5.73 Å². The smallest absolute Gasteiger partial charge is 0.0718 e. The molecule has 0 radical (unpaired) electrons. The van der Waals surface area contributed by atoms with E-state index in [1.165, 1.54) is 4.70 Å². The number of halogens is 1. The number of nitrogen functional groups attached to an aromatic ring is 1. The Bertz CT molecular complexity index is 673. The van der Waals surface area contributed by atoms with E-state index in [2.05, 4.69) is 45.1 Å². The molecule has 2 aromatic heterocycles. The quantitative estimate of drug-likeness (QED) is 0.528. The van der Waals surface area contributed by atoms with Crippen LogP contribution >= 0.6 is 33.9 Å². The molecule has 17 heavy (non-hydrogen) atoms. The summed E-state index contributed by atoms with van der Waals surface area (Å²) in [7, 11) is 0. The first kappa shape index (κ1) is 11.0. The van der Waals surface area contributed by atoms with E-state index in [0.29, 0.717) is 0 Å². The summed E-state index contributed by atoms with van der Waals surface area (Å²) in [5.41, 5.74) is 8.97. The lowest BCUT2D eigenvalue weighted by Crippen LogP contribution is -1.87. The number of anilines is 1. The maximum absolute atomic E-state index is 6.05. The zero-order valence-electron chi connectivity index (χ0n) is 8.85. The van der Waals surface area contributed by atoms with Crippen LogP contribution in [-0.4, -0.2) is 4.98 Å². The largest absolute Gasteiger partial charge is 0.398 e. The maximum Gasteiger partial charge on any atom is 0.0718 e. The number of hydrogen-bond donors (Lipinski definition) is 1. The van der Waals surface area contributed by atoms with Crippen molar-refractivity contribution in [1.82, 2.24) is 4.98 Å². The minimum atomic E-state index is 0.819. The first-order chi connectivity index (χ1) is 8.25. The highest BCUT2D eigenvalue weighted by molar-refractivity contribution is 14.1. The van der Waals surface area contributed by atoms with Crippen molar-refractivity contribution in [3.8, 4) is 11.3 Å². The van der Waals surface area contributed by atoms with Gasteiger partial charge in [-0.1, -0.05) is 6.07 Å². The minimum Gasteiger partial charge on any atom is -0.398 e. The van der Waals surface area contributed by atoms with Gasteiger partial charge in [0.1, 0.15) is 0 Å². The van der Waals surface area contributed by atoms with Crippen LogP contribution < -0.4 is 5.73 Å². The molecule has 0 amide bonds. The summed E-state index contributed by atoms with van der Waals surface area (Å²) in [4.78, 5) is 4.46. The third kappa shape index (κ3) is 1.91. The zero-order chi connectivity index (χ0) is 11.8. The molecule has 3 rings (SSSR count). The average molecular weight is 352 g/mol. The number of nitrogens with zero attached hydrogens (tertiary/aromatic N) is 1. The van der Waals surface area contributed by atoms with E-state index in [9.17, 15) is 0 Å². The van der Waals surface area contributed by atoms with Crippen LogP contribution in [0.5, 0.6) is 0 Å². The van der Waals surface area contributed by atoms with Gasteiger partial charge in [0.25, 0.3) is 0 Å². The predicted molar refractivity (Wildman–Crippen MR) is 82.2 cm³/mol. The topological polar surface area (TPSA) is 38.9 Å².